The summed E-state index contributed by atoms with van der Waals surface area (Å²) < 4.78 is 16.1. The van der Waals surface area contributed by atoms with Gasteiger partial charge in [-0.05, 0) is 61.9 Å². The van der Waals surface area contributed by atoms with Crippen LogP contribution >= 0.6 is 11.6 Å². The Bertz CT molecular complexity index is 992. The van der Waals surface area contributed by atoms with Crippen molar-refractivity contribution in [2.75, 3.05) is 0 Å². The second kappa shape index (κ2) is 6.96. The van der Waals surface area contributed by atoms with Crippen molar-refractivity contribution < 1.29 is 4.39 Å². The number of nitrogens with zero attached hydrogens (tertiary/aromatic N) is 2. The van der Waals surface area contributed by atoms with E-state index in [4.69, 9.17) is 11.6 Å². The molecule has 0 aliphatic carbocycles. The van der Waals surface area contributed by atoms with Crippen molar-refractivity contribution in [1.29, 1.82) is 5.26 Å². The number of aromatic nitrogens is 1. The van der Waals surface area contributed by atoms with Gasteiger partial charge in [0.25, 0.3) is 0 Å². The Hall–Kier alpha value is -2.83. The van der Waals surface area contributed by atoms with Crippen LogP contribution in [-0.2, 0) is 0 Å². The first-order valence-electron chi connectivity index (χ1n) is 7.83. The quantitative estimate of drug-likeness (QED) is 0.536. The Morgan fingerprint density at radius 1 is 1.12 bits per heavy atom. The van der Waals surface area contributed by atoms with E-state index in [0.717, 1.165) is 22.6 Å². The summed E-state index contributed by atoms with van der Waals surface area (Å²) in [6, 6.07) is 18.0. The average molecular weight is 351 g/mol. The summed E-state index contributed by atoms with van der Waals surface area (Å²) in [6.45, 7) is 3.97. The molecule has 3 aromatic rings. The Morgan fingerprint density at radius 3 is 2.44 bits per heavy atom. The third-order valence-electron chi connectivity index (χ3n) is 4.14. The zero-order chi connectivity index (χ0) is 18.0. The molecule has 124 valence electrons. The monoisotopic (exact) mass is 350 g/mol. The normalized spacial score (nSPS) is 11.4. The molecular weight excluding hydrogens is 335 g/mol. The minimum absolute atomic E-state index is 0.300. The van der Waals surface area contributed by atoms with Gasteiger partial charge in [-0.15, -0.1) is 0 Å². The molecular formula is C21H16ClFN2. The van der Waals surface area contributed by atoms with Gasteiger partial charge < -0.3 is 4.57 Å². The van der Waals surface area contributed by atoms with Crippen molar-refractivity contribution in [3.63, 3.8) is 0 Å². The zero-order valence-electron chi connectivity index (χ0n) is 13.9. The molecule has 0 aliphatic heterocycles. The largest absolute Gasteiger partial charge is 0.318 e. The number of nitriles is 1. The van der Waals surface area contributed by atoms with E-state index in [1.807, 2.05) is 44.2 Å². The lowest BCUT2D eigenvalue weighted by molar-refractivity contribution is 0.624. The summed E-state index contributed by atoms with van der Waals surface area (Å²) >= 11 is 5.96. The number of hydrogen-bond acceptors (Lipinski definition) is 1. The van der Waals surface area contributed by atoms with Crippen LogP contribution in [0.25, 0.3) is 17.3 Å². The summed E-state index contributed by atoms with van der Waals surface area (Å²) in [5.41, 5.74) is 4.48. The molecule has 0 fully saturated rings. The van der Waals surface area contributed by atoms with Crippen molar-refractivity contribution >= 4 is 23.3 Å². The molecule has 1 heterocycles. The third kappa shape index (κ3) is 3.35. The topological polar surface area (TPSA) is 28.7 Å². The molecule has 25 heavy (non-hydrogen) atoms. The van der Waals surface area contributed by atoms with Crippen molar-refractivity contribution in [3.05, 3.63) is 88.0 Å². The Morgan fingerprint density at radius 2 is 1.80 bits per heavy atom. The second-order valence-corrected chi connectivity index (χ2v) is 6.22. The fourth-order valence-corrected chi connectivity index (χ4v) is 3.05. The Balaban J connectivity index is 2.10. The van der Waals surface area contributed by atoms with Gasteiger partial charge in [-0.2, -0.15) is 5.26 Å². The van der Waals surface area contributed by atoms with E-state index in [1.165, 1.54) is 6.07 Å². The predicted molar refractivity (Wildman–Crippen MR) is 100 cm³/mol. The molecule has 0 N–H and O–H groups in total. The lowest BCUT2D eigenvalue weighted by Crippen LogP contribution is -1.98. The molecule has 2 nitrogen and oxygen atoms in total. The van der Waals surface area contributed by atoms with Gasteiger partial charge in [0, 0.05) is 27.7 Å². The van der Waals surface area contributed by atoms with E-state index < -0.39 is 5.82 Å². The van der Waals surface area contributed by atoms with Gasteiger partial charge in [0.2, 0.25) is 0 Å². The van der Waals surface area contributed by atoms with Crippen LogP contribution in [0, 0.1) is 31.0 Å². The van der Waals surface area contributed by atoms with Crippen LogP contribution in [0.5, 0.6) is 0 Å². The van der Waals surface area contributed by atoms with Gasteiger partial charge in [-0.3, -0.25) is 0 Å². The van der Waals surface area contributed by atoms with Crippen LogP contribution in [-0.4, -0.2) is 4.57 Å². The lowest BCUT2D eigenvalue weighted by atomic mass is 10.0. The van der Waals surface area contributed by atoms with Gasteiger partial charge in [0.1, 0.15) is 5.82 Å². The van der Waals surface area contributed by atoms with E-state index in [2.05, 4.69) is 10.6 Å². The summed E-state index contributed by atoms with van der Waals surface area (Å²) in [4.78, 5) is 0. The van der Waals surface area contributed by atoms with E-state index >= 15 is 0 Å². The average Bonchev–Trinajstić information content (AvgIpc) is 2.88. The van der Waals surface area contributed by atoms with E-state index in [-0.39, 0.29) is 0 Å². The lowest BCUT2D eigenvalue weighted by Gasteiger charge is -2.09. The highest BCUT2D eigenvalue weighted by Crippen LogP contribution is 2.26. The van der Waals surface area contributed by atoms with Crippen LogP contribution in [0.1, 0.15) is 22.5 Å². The highest BCUT2D eigenvalue weighted by atomic mass is 35.5. The molecule has 0 bridgehead atoms. The van der Waals surface area contributed by atoms with Gasteiger partial charge in [-0.25, -0.2) is 4.39 Å². The summed E-state index contributed by atoms with van der Waals surface area (Å²) in [7, 11) is 0. The predicted octanol–water partition coefficient (Wildman–Crippen LogP) is 5.95. The molecule has 0 radical (unpaired) electrons. The summed E-state index contributed by atoms with van der Waals surface area (Å²) in [6.07, 6.45) is 1.73. The van der Waals surface area contributed by atoms with Gasteiger partial charge in [-0.1, -0.05) is 29.8 Å². The molecule has 0 saturated heterocycles. The van der Waals surface area contributed by atoms with E-state index in [9.17, 15) is 9.65 Å². The first-order chi connectivity index (χ1) is 12.0. The molecule has 0 spiro atoms. The van der Waals surface area contributed by atoms with Crippen molar-refractivity contribution in [2.45, 2.75) is 13.8 Å². The highest BCUT2D eigenvalue weighted by Gasteiger charge is 2.12. The molecule has 0 aliphatic rings. The molecule has 0 amide bonds. The number of halogens is 2. The Labute approximate surface area is 151 Å². The SMILES string of the molecule is Cc1cc(C=C(C#N)c2ccccc2F)c(C)n1-c1ccc(Cl)cc1. The maximum atomic E-state index is 14.0. The van der Waals surface area contributed by atoms with E-state index in [0.29, 0.717) is 16.2 Å². The number of rotatable bonds is 3. The number of hydrogen-bond donors (Lipinski definition) is 0. The fourth-order valence-electron chi connectivity index (χ4n) is 2.93. The van der Waals surface area contributed by atoms with Gasteiger partial charge in [0.05, 0.1) is 11.6 Å². The zero-order valence-corrected chi connectivity index (χ0v) is 14.7. The Kier molecular flexibility index (Phi) is 4.74. The second-order valence-electron chi connectivity index (χ2n) is 5.79. The fraction of sp³-hybridized carbons (Fsp3) is 0.0952. The maximum absolute atomic E-state index is 14.0. The molecule has 4 heteroatoms. The maximum Gasteiger partial charge on any atom is 0.131 e. The van der Waals surface area contributed by atoms with Crippen LogP contribution < -0.4 is 0 Å². The minimum Gasteiger partial charge on any atom is -0.318 e. The van der Waals surface area contributed by atoms with Crippen LogP contribution in [0.2, 0.25) is 5.02 Å². The number of benzene rings is 2. The molecule has 0 saturated carbocycles. The van der Waals surface area contributed by atoms with Crippen LogP contribution in [0.4, 0.5) is 4.39 Å². The van der Waals surface area contributed by atoms with Gasteiger partial charge >= 0.3 is 0 Å². The van der Waals surface area contributed by atoms with Crippen molar-refractivity contribution in [1.82, 2.24) is 4.57 Å². The summed E-state index contributed by atoms with van der Waals surface area (Å²) in [5, 5.41) is 10.2. The molecule has 2 aromatic carbocycles. The minimum atomic E-state index is -0.401. The van der Waals surface area contributed by atoms with Crippen molar-refractivity contribution in [2.24, 2.45) is 0 Å². The first-order valence-corrected chi connectivity index (χ1v) is 8.20. The smallest absolute Gasteiger partial charge is 0.131 e. The molecule has 3 rings (SSSR count). The van der Waals surface area contributed by atoms with Gasteiger partial charge in [0.15, 0.2) is 0 Å². The van der Waals surface area contributed by atoms with Crippen LogP contribution in [0.3, 0.4) is 0 Å². The molecule has 0 atom stereocenters. The summed E-state index contributed by atoms with van der Waals surface area (Å²) in [5.74, 6) is -0.401. The van der Waals surface area contributed by atoms with Crippen LogP contribution in [0.15, 0.2) is 54.6 Å². The van der Waals surface area contributed by atoms with Crippen molar-refractivity contribution in [3.8, 4) is 11.8 Å². The standard InChI is InChI=1S/C21H16ClFN2/c1-14-11-16(12-17(13-24)20-5-3-4-6-21(20)23)15(2)25(14)19-9-7-18(22)8-10-19/h3-12H,1-2H3. The number of allylic oxidation sites excluding steroid dienone is 1. The first kappa shape index (κ1) is 17.0. The third-order valence-corrected chi connectivity index (χ3v) is 4.39. The highest BCUT2D eigenvalue weighted by molar-refractivity contribution is 6.30. The molecule has 1 aromatic heterocycles. The molecule has 0 unspecified atom stereocenters. The van der Waals surface area contributed by atoms with E-state index in [1.54, 1.807) is 24.3 Å². The number of aryl methyl sites for hydroxylation is 1.